The average Bonchev–Trinajstić information content (AvgIpc) is 3.05. The van der Waals surface area contributed by atoms with Crippen LogP contribution in [0.5, 0.6) is 0 Å². The van der Waals surface area contributed by atoms with Crippen molar-refractivity contribution in [2.45, 2.75) is 19.3 Å². The average molecular weight is 264 g/mol. The van der Waals surface area contributed by atoms with Gasteiger partial charge in [0.25, 0.3) is 0 Å². The molecule has 0 saturated heterocycles. The minimum Gasteiger partial charge on any atom is -0.481 e. The number of hydrogen-bond donors (Lipinski definition) is 3. The lowest BCUT2D eigenvalue weighted by atomic mass is 10.4. The summed E-state index contributed by atoms with van der Waals surface area (Å²) >= 11 is 0. The van der Waals surface area contributed by atoms with Gasteiger partial charge in [0.15, 0.2) is 0 Å². The van der Waals surface area contributed by atoms with Crippen molar-refractivity contribution >= 4 is 21.9 Å². The SMILES string of the molecule is O=C(O)CCS(=O)(=O)NCCNC(=O)C1CC1. The Balaban J connectivity index is 2.11. The van der Waals surface area contributed by atoms with Gasteiger partial charge in [0.05, 0.1) is 12.2 Å². The van der Waals surface area contributed by atoms with Gasteiger partial charge in [0.2, 0.25) is 15.9 Å². The molecular weight excluding hydrogens is 248 g/mol. The monoisotopic (exact) mass is 264 g/mol. The predicted molar refractivity (Wildman–Crippen MR) is 59.8 cm³/mol. The molecule has 0 aromatic carbocycles. The van der Waals surface area contributed by atoms with E-state index in [0.29, 0.717) is 0 Å². The molecule has 0 radical (unpaired) electrons. The van der Waals surface area contributed by atoms with Crippen molar-refractivity contribution < 1.29 is 23.1 Å². The fraction of sp³-hybridized carbons (Fsp3) is 0.778. The molecule has 1 saturated carbocycles. The minimum absolute atomic E-state index is 0.0465. The van der Waals surface area contributed by atoms with Crippen molar-refractivity contribution in [3.63, 3.8) is 0 Å². The van der Waals surface area contributed by atoms with Crippen molar-refractivity contribution in [2.24, 2.45) is 5.92 Å². The second-order valence-electron chi connectivity index (χ2n) is 3.92. The second-order valence-corrected chi connectivity index (χ2v) is 5.85. The van der Waals surface area contributed by atoms with E-state index in [-0.39, 0.29) is 24.9 Å². The maximum absolute atomic E-state index is 11.2. The molecule has 3 N–H and O–H groups in total. The van der Waals surface area contributed by atoms with Crippen LogP contribution in [0.3, 0.4) is 0 Å². The number of rotatable bonds is 8. The third kappa shape index (κ3) is 6.22. The third-order valence-corrected chi connectivity index (χ3v) is 3.66. The van der Waals surface area contributed by atoms with E-state index in [1.54, 1.807) is 0 Å². The molecule has 0 atom stereocenters. The number of nitrogens with one attached hydrogen (secondary N) is 2. The van der Waals surface area contributed by atoms with Crippen molar-refractivity contribution in [2.75, 3.05) is 18.8 Å². The van der Waals surface area contributed by atoms with Crippen LogP contribution in [-0.4, -0.2) is 44.2 Å². The standard InChI is InChI=1S/C9H16N2O5S/c12-8(13)3-6-17(15,16)11-5-4-10-9(14)7-1-2-7/h7,11H,1-6H2,(H,10,14)(H,12,13). The van der Waals surface area contributed by atoms with Crippen molar-refractivity contribution in [1.29, 1.82) is 0 Å². The van der Waals surface area contributed by atoms with E-state index in [1.807, 2.05) is 0 Å². The molecule has 17 heavy (non-hydrogen) atoms. The van der Waals surface area contributed by atoms with Gasteiger partial charge in [-0.25, -0.2) is 13.1 Å². The second kappa shape index (κ2) is 5.97. The number of carboxylic acid groups (broad SMARTS) is 1. The Morgan fingerprint density at radius 1 is 1.24 bits per heavy atom. The van der Waals surface area contributed by atoms with Gasteiger partial charge < -0.3 is 10.4 Å². The van der Waals surface area contributed by atoms with E-state index in [2.05, 4.69) is 10.0 Å². The van der Waals surface area contributed by atoms with Crippen LogP contribution < -0.4 is 10.0 Å². The molecule has 8 heteroatoms. The summed E-state index contributed by atoms with van der Waals surface area (Å²) in [6.45, 7) is 0.308. The first-order valence-corrected chi connectivity index (χ1v) is 7.03. The molecule has 0 spiro atoms. The number of carbonyl (C=O) groups is 2. The van der Waals surface area contributed by atoms with Crippen LogP contribution in [0, 0.1) is 5.92 Å². The number of amides is 1. The summed E-state index contributed by atoms with van der Waals surface area (Å²) in [7, 11) is -3.56. The summed E-state index contributed by atoms with van der Waals surface area (Å²) in [5, 5.41) is 10.9. The number of carboxylic acids is 1. The van der Waals surface area contributed by atoms with E-state index in [9.17, 15) is 18.0 Å². The number of hydrogen-bond acceptors (Lipinski definition) is 4. The summed E-state index contributed by atoms with van der Waals surface area (Å²) in [5.74, 6) is -1.55. The molecule has 0 heterocycles. The van der Waals surface area contributed by atoms with Crippen molar-refractivity contribution in [3.8, 4) is 0 Å². The molecule has 1 aliphatic carbocycles. The maximum atomic E-state index is 11.2. The quantitative estimate of drug-likeness (QED) is 0.482. The van der Waals surface area contributed by atoms with Gasteiger partial charge in [-0.2, -0.15) is 0 Å². The topological polar surface area (TPSA) is 113 Å². The van der Waals surface area contributed by atoms with Gasteiger partial charge in [-0.05, 0) is 12.8 Å². The summed E-state index contributed by atoms with van der Waals surface area (Å²) in [4.78, 5) is 21.4. The highest BCUT2D eigenvalue weighted by Crippen LogP contribution is 2.28. The van der Waals surface area contributed by atoms with Gasteiger partial charge in [-0.1, -0.05) is 0 Å². The lowest BCUT2D eigenvalue weighted by Crippen LogP contribution is -2.36. The first-order chi connectivity index (χ1) is 7.91. The molecule has 0 aromatic rings. The van der Waals surface area contributed by atoms with E-state index in [0.717, 1.165) is 12.8 Å². The number of sulfonamides is 1. The summed E-state index contributed by atoms with van der Waals surface area (Å²) in [6.07, 6.45) is 1.37. The Morgan fingerprint density at radius 3 is 2.41 bits per heavy atom. The van der Waals surface area contributed by atoms with E-state index in [4.69, 9.17) is 5.11 Å². The van der Waals surface area contributed by atoms with Crippen LogP contribution in [0.15, 0.2) is 0 Å². The van der Waals surface area contributed by atoms with Crippen LogP contribution in [0.4, 0.5) is 0 Å². The zero-order valence-electron chi connectivity index (χ0n) is 9.31. The first-order valence-electron chi connectivity index (χ1n) is 5.37. The fourth-order valence-electron chi connectivity index (χ4n) is 1.18. The Labute approximate surface area is 99.6 Å². The van der Waals surface area contributed by atoms with Crippen LogP contribution in [0.1, 0.15) is 19.3 Å². The van der Waals surface area contributed by atoms with Gasteiger partial charge in [-0.15, -0.1) is 0 Å². The highest BCUT2D eigenvalue weighted by molar-refractivity contribution is 7.89. The summed E-state index contributed by atoms with van der Waals surface area (Å²) < 4.78 is 24.7. The van der Waals surface area contributed by atoms with Crippen LogP contribution in [0.25, 0.3) is 0 Å². The largest absolute Gasteiger partial charge is 0.481 e. The van der Waals surface area contributed by atoms with Gasteiger partial charge >= 0.3 is 5.97 Å². The molecule has 0 aliphatic heterocycles. The Morgan fingerprint density at radius 2 is 1.88 bits per heavy atom. The molecule has 1 amide bonds. The molecule has 7 nitrogen and oxygen atoms in total. The van der Waals surface area contributed by atoms with Crippen molar-refractivity contribution in [3.05, 3.63) is 0 Å². The van der Waals surface area contributed by atoms with E-state index < -0.39 is 28.2 Å². The molecular formula is C9H16N2O5S. The molecule has 98 valence electrons. The highest BCUT2D eigenvalue weighted by Gasteiger charge is 2.29. The van der Waals surface area contributed by atoms with Gasteiger partial charge in [0, 0.05) is 19.0 Å². The van der Waals surface area contributed by atoms with E-state index in [1.165, 1.54) is 0 Å². The van der Waals surface area contributed by atoms with Crippen molar-refractivity contribution in [1.82, 2.24) is 10.0 Å². The normalized spacial score (nSPS) is 15.5. The number of aliphatic carboxylic acids is 1. The molecule has 0 unspecified atom stereocenters. The van der Waals surface area contributed by atoms with Crippen LogP contribution >= 0.6 is 0 Å². The smallest absolute Gasteiger partial charge is 0.304 e. The third-order valence-electron chi connectivity index (χ3n) is 2.28. The zero-order valence-corrected chi connectivity index (χ0v) is 10.1. The molecule has 1 aliphatic rings. The minimum atomic E-state index is -3.56. The maximum Gasteiger partial charge on any atom is 0.304 e. The predicted octanol–water partition coefficient (Wildman–Crippen LogP) is -1.09. The van der Waals surface area contributed by atoms with Crippen LogP contribution in [-0.2, 0) is 19.6 Å². The fourth-order valence-corrected chi connectivity index (χ4v) is 2.18. The zero-order chi connectivity index (χ0) is 12.9. The Bertz CT molecular complexity index is 388. The highest BCUT2D eigenvalue weighted by atomic mass is 32.2. The Hall–Kier alpha value is -1.15. The van der Waals surface area contributed by atoms with Gasteiger partial charge in [-0.3, -0.25) is 9.59 Å². The molecule has 1 fully saturated rings. The summed E-state index contributed by atoms with van der Waals surface area (Å²) in [5.41, 5.74) is 0. The van der Waals surface area contributed by atoms with Crippen LogP contribution in [0.2, 0.25) is 0 Å². The van der Waals surface area contributed by atoms with E-state index >= 15 is 0 Å². The lowest BCUT2D eigenvalue weighted by molar-refractivity contribution is -0.136. The molecule has 0 bridgehead atoms. The number of carbonyl (C=O) groups excluding carboxylic acids is 1. The first kappa shape index (κ1) is 13.9. The molecule has 0 aromatic heterocycles. The summed E-state index contributed by atoms with van der Waals surface area (Å²) in [6, 6.07) is 0. The lowest BCUT2D eigenvalue weighted by Gasteiger charge is -2.06. The van der Waals surface area contributed by atoms with Gasteiger partial charge in [0.1, 0.15) is 0 Å². The Kier molecular flexibility index (Phi) is 4.88. The molecule has 1 rings (SSSR count).